The summed E-state index contributed by atoms with van der Waals surface area (Å²) in [5, 5.41) is 3.37. The molecular formula is C24H25ClN2O4S. The average molecular weight is 473 g/mol. The van der Waals surface area contributed by atoms with Crippen LogP contribution in [0.25, 0.3) is 0 Å². The molecule has 0 aromatic heterocycles. The first-order valence-corrected chi connectivity index (χ1v) is 11.9. The first-order chi connectivity index (χ1) is 15.4. The van der Waals surface area contributed by atoms with Gasteiger partial charge in [0, 0.05) is 18.1 Å². The van der Waals surface area contributed by atoms with E-state index in [0.29, 0.717) is 18.0 Å². The van der Waals surface area contributed by atoms with Crippen LogP contribution in [0.2, 0.25) is 5.02 Å². The normalized spacial score (nSPS) is 11.3. The zero-order chi connectivity index (χ0) is 23.0. The lowest BCUT2D eigenvalue weighted by molar-refractivity contribution is -0.121. The Morgan fingerprint density at radius 2 is 1.56 bits per heavy atom. The monoisotopic (exact) mass is 472 g/mol. The summed E-state index contributed by atoms with van der Waals surface area (Å²) in [5.74, 6) is 0.397. The number of carbonyl (C=O) groups excluding carboxylic acids is 1. The van der Waals surface area contributed by atoms with Gasteiger partial charge in [-0.15, -0.1) is 0 Å². The summed E-state index contributed by atoms with van der Waals surface area (Å²) in [4.78, 5) is 12.7. The van der Waals surface area contributed by atoms with Crippen molar-refractivity contribution < 1.29 is 17.9 Å². The highest BCUT2D eigenvalue weighted by atomic mass is 35.5. The third-order valence-corrected chi connectivity index (χ3v) is 6.93. The van der Waals surface area contributed by atoms with Gasteiger partial charge in [-0.2, -0.15) is 4.31 Å². The number of ether oxygens (including phenoxy) is 1. The SMILES string of the molecule is COc1ccc(CCNC(=O)CN(Cc2ccc(Cl)cc2)S(=O)(=O)c2ccccc2)cc1. The quantitative estimate of drug-likeness (QED) is 0.485. The van der Waals surface area contributed by atoms with Crippen LogP contribution in [0.1, 0.15) is 11.1 Å². The average Bonchev–Trinajstić information content (AvgIpc) is 2.81. The van der Waals surface area contributed by atoms with Gasteiger partial charge in [-0.1, -0.05) is 54.1 Å². The maximum Gasteiger partial charge on any atom is 0.243 e. The molecule has 8 heteroatoms. The van der Waals surface area contributed by atoms with Crippen molar-refractivity contribution in [2.75, 3.05) is 20.2 Å². The molecule has 3 rings (SSSR count). The van der Waals surface area contributed by atoms with Crippen LogP contribution in [0.3, 0.4) is 0 Å². The standard InChI is InChI=1S/C24H25ClN2O4S/c1-31-22-13-9-19(10-14-22)15-16-26-24(28)18-27(17-20-7-11-21(25)12-8-20)32(29,30)23-5-3-2-4-6-23/h2-14H,15-18H2,1H3,(H,26,28). The van der Waals surface area contributed by atoms with E-state index >= 15 is 0 Å². The minimum atomic E-state index is -3.86. The number of sulfonamides is 1. The van der Waals surface area contributed by atoms with Gasteiger partial charge in [0.15, 0.2) is 0 Å². The summed E-state index contributed by atoms with van der Waals surface area (Å²) in [7, 11) is -2.26. The van der Waals surface area contributed by atoms with E-state index in [-0.39, 0.29) is 23.9 Å². The number of hydrogen-bond acceptors (Lipinski definition) is 4. The number of carbonyl (C=O) groups is 1. The van der Waals surface area contributed by atoms with E-state index in [9.17, 15) is 13.2 Å². The number of nitrogens with zero attached hydrogens (tertiary/aromatic N) is 1. The third kappa shape index (κ3) is 6.56. The van der Waals surface area contributed by atoms with E-state index in [2.05, 4.69) is 5.32 Å². The number of hydrogen-bond donors (Lipinski definition) is 1. The molecule has 0 saturated heterocycles. The molecule has 168 valence electrons. The first kappa shape index (κ1) is 23.8. The maximum absolute atomic E-state index is 13.2. The van der Waals surface area contributed by atoms with Crippen LogP contribution in [0.4, 0.5) is 0 Å². The highest BCUT2D eigenvalue weighted by molar-refractivity contribution is 7.89. The van der Waals surface area contributed by atoms with E-state index < -0.39 is 10.0 Å². The molecule has 1 N–H and O–H groups in total. The Bertz CT molecular complexity index is 1120. The number of rotatable bonds is 10. The summed E-state index contributed by atoms with van der Waals surface area (Å²) in [5.41, 5.74) is 1.78. The molecule has 0 aliphatic carbocycles. The van der Waals surface area contributed by atoms with Crippen LogP contribution in [-0.4, -0.2) is 38.8 Å². The smallest absolute Gasteiger partial charge is 0.243 e. The summed E-state index contributed by atoms with van der Waals surface area (Å²) in [6, 6.07) is 22.5. The summed E-state index contributed by atoms with van der Waals surface area (Å²) in [6.07, 6.45) is 0.623. The Morgan fingerprint density at radius 3 is 2.19 bits per heavy atom. The zero-order valence-corrected chi connectivity index (χ0v) is 19.3. The van der Waals surface area contributed by atoms with Crippen LogP contribution in [0, 0.1) is 0 Å². The van der Waals surface area contributed by atoms with Crippen LogP contribution in [0.15, 0.2) is 83.8 Å². The van der Waals surface area contributed by atoms with Crippen molar-refractivity contribution >= 4 is 27.5 Å². The van der Waals surface area contributed by atoms with E-state index in [1.807, 2.05) is 24.3 Å². The van der Waals surface area contributed by atoms with Gasteiger partial charge in [0.25, 0.3) is 0 Å². The van der Waals surface area contributed by atoms with Crippen molar-refractivity contribution in [2.45, 2.75) is 17.9 Å². The maximum atomic E-state index is 13.2. The molecule has 0 unspecified atom stereocenters. The molecule has 0 bridgehead atoms. The Labute approximate surface area is 193 Å². The zero-order valence-electron chi connectivity index (χ0n) is 17.7. The second-order valence-electron chi connectivity index (χ2n) is 7.16. The van der Waals surface area contributed by atoms with Gasteiger partial charge in [-0.05, 0) is 53.9 Å². The second-order valence-corrected chi connectivity index (χ2v) is 9.54. The van der Waals surface area contributed by atoms with Gasteiger partial charge >= 0.3 is 0 Å². The molecule has 32 heavy (non-hydrogen) atoms. The van der Waals surface area contributed by atoms with Gasteiger partial charge in [-0.25, -0.2) is 8.42 Å². The lowest BCUT2D eigenvalue weighted by Crippen LogP contribution is -2.40. The highest BCUT2D eigenvalue weighted by Gasteiger charge is 2.26. The van der Waals surface area contributed by atoms with E-state index in [1.54, 1.807) is 49.6 Å². The van der Waals surface area contributed by atoms with Crippen molar-refractivity contribution in [3.63, 3.8) is 0 Å². The number of benzene rings is 3. The van der Waals surface area contributed by atoms with Gasteiger partial charge in [0.05, 0.1) is 18.6 Å². The fourth-order valence-electron chi connectivity index (χ4n) is 3.12. The molecule has 0 radical (unpaired) electrons. The molecule has 1 amide bonds. The molecule has 0 aliphatic rings. The second kappa shape index (κ2) is 11.1. The molecule has 3 aromatic rings. The van der Waals surface area contributed by atoms with Gasteiger partial charge in [-0.3, -0.25) is 4.79 Å². The Morgan fingerprint density at radius 1 is 0.938 bits per heavy atom. The molecule has 0 fully saturated rings. The number of nitrogens with one attached hydrogen (secondary N) is 1. The molecule has 0 heterocycles. The minimum absolute atomic E-state index is 0.0558. The van der Waals surface area contributed by atoms with Gasteiger partial charge in [0.1, 0.15) is 5.75 Å². The lowest BCUT2D eigenvalue weighted by Gasteiger charge is -2.22. The fourth-order valence-corrected chi connectivity index (χ4v) is 4.65. The predicted octanol–water partition coefficient (Wildman–Crippen LogP) is 3.90. The Balaban J connectivity index is 1.68. The van der Waals surface area contributed by atoms with Crippen LogP contribution < -0.4 is 10.1 Å². The molecule has 0 saturated carbocycles. The Hall–Kier alpha value is -2.87. The molecular weight excluding hydrogens is 448 g/mol. The molecule has 6 nitrogen and oxygen atoms in total. The van der Waals surface area contributed by atoms with Gasteiger partial charge < -0.3 is 10.1 Å². The summed E-state index contributed by atoms with van der Waals surface area (Å²) < 4.78 is 32.7. The van der Waals surface area contributed by atoms with Crippen LogP contribution in [0.5, 0.6) is 5.75 Å². The van der Waals surface area contributed by atoms with Crippen molar-refractivity contribution in [1.29, 1.82) is 0 Å². The number of methoxy groups -OCH3 is 1. The lowest BCUT2D eigenvalue weighted by atomic mass is 10.1. The van der Waals surface area contributed by atoms with E-state index in [0.717, 1.165) is 16.9 Å². The van der Waals surface area contributed by atoms with Crippen molar-refractivity contribution in [1.82, 2.24) is 9.62 Å². The highest BCUT2D eigenvalue weighted by Crippen LogP contribution is 2.19. The van der Waals surface area contributed by atoms with Crippen LogP contribution in [-0.2, 0) is 27.8 Å². The van der Waals surface area contributed by atoms with E-state index in [1.165, 1.54) is 16.4 Å². The van der Waals surface area contributed by atoms with Crippen molar-refractivity contribution in [2.24, 2.45) is 0 Å². The fraction of sp³-hybridized carbons (Fsp3) is 0.208. The molecule has 0 aliphatic heterocycles. The molecule has 0 atom stereocenters. The largest absolute Gasteiger partial charge is 0.497 e. The molecule has 0 spiro atoms. The van der Waals surface area contributed by atoms with E-state index in [4.69, 9.17) is 16.3 Å². The van der Waals surface area contributed by atoms with Crippen molar-refractivity contribution in [3.05, 3.63) is 95.0 Å². The number of amides is 1. The Kier molecular flexibility index (Phi) is 8.27. The minimum Gasteiger partial charge on any atom is -0.497 e. The third-order valence-electron chi connectivity index (χ3n) is 4.87. The van der Waals surface area contributed by atoms with Crippen LogP contribution >= 0.6 is 11.6 Å². The predicted molar refractivity (Wildman–Crippen MR) is 125 cm³/mol. The van der Waals surface area contributed by atoms with Gasteiger partial charge in [0.2, 0.25) is 15.9 Å². The summed E-state index contributed by atoms with van der Waals surface area (Å²) >= 11 is 5.94. The van der Waals surface area contributed by atoms with Crippen molar-refractivity contribution in [3.8, 4) is 5.75 Å². The topological polar surface area (TPSA) is 75.7 Å². The first-order valence-electron chi connectivity index (χ1n) is 10.1. The molecule has 3 aromatic carbocycles. The number of halogens is 1. The summed E-state index contributed by atoms with van der Waals surface area (Å²) in [6.45, 7) is 0.161.